The molecule has 0 N–H and O–H groups in total. The highest BCUT2D eigenvalue weighted by Gasteiger charge is 2.27. The third kappa shape index (κ3) is 2.89. The van der Waals surface area contributed by atoms with Gasteiger partial charge in [0.2, 0.25) is 0 Å². The fraction of sp³-hybridized carbons (Fsp3) is 0.588. The van der Waals surface area contributed by atoms with E-state index in [0.717, 1.165) is 24.9 Å². The van der Waals surface area contributed by atoms with Gasteiger partial charge in [-0.25, -0.2) is 0 Å². The van der Waals surface area contributed by atoms with Gasteiger partial charge in [-0.3, -0.25) is 9.69 Å². The van der Waals surface area contributed by atoms with E-state index in [1.165, 1.54) is 44.3 Å². The predicted molar refractivity (Wildman–Crippen MR) is 77.2 cm³/mol. The van der Waals surface area contributed by atoms with Crippen molar-refractivity contribution in [1.82, 2.24) is 4.90 Å². The van der Waals surface area contributed by atoms with Crippen LogP contribution in [-0.4, -0.2) is 23.8 Å². The summed E-state index contributed by atoms with van der Waals surface area (Å²) in [6.45, 7) is 3.33. The quantitative estimate of drug-likeness (QED) is 0.767. The Bertz CT molecular complexity index is 444. The molecular weight excluding hydrogens is 234 g/mol. The highest BCUT2D eigenvalue weighted by atomic mass is 16.1. The molecule has 2 heteroatoms. The first kappa shape index (κ1) is 12.9. The number of nitrogens with zero attached hydrogens (tertiary/aromatic N) is 1. The summed E-state index contributed by atoms with van der Waals surface area (Å²) >= 11 is 0. The smallest absolute Gasteiger partial charge is 0.166 e. The lowest BCUT2D eigenvalue weighted by Gasteiger charge is -2.28. The van der Waals surface area contributed by atoms with Gasteiger partial charge >= 0.3 is 0 Å². The van der Waals surface area contributed by atoms with Gasteiger partial charge < -0.3 is 0 Å². The van der Waals surface area contributed by atoms with Gasteiger partial charge in [0.1, 0.15) is 0 Å². The van der Waals surface area contributed by atoms with E-state index in [4.69, 9.17) is 0 Å². The van der Waals surface area contributed by atoms with Gasteiger partial charge in [-0.15, -0.1) is 0 Å². The number of hydrogen-bond acceptors (Lipinski definition) is 2. The Hall–Kier alpha value is -1.15. The van der Waals surface area contributed by atoms with Crippen LogP contribution in [0.4, 0.5) is 0 Å². The summed E-state index contributed by atoms with van der Waals surface area (Å²) in [5.74, 6) is 0.696. The lowest BCUT2D eigenvalue weighted by molar-refractivity contribution is 0.0852. The van der Waals surface area contributed by atoms with Crippen LogP contribution >= 0.6 is 0 Å². The molecule has 1 saturated carbocycles. The minimum Gasteiger partial charge on any atom is -0.299 e. The zero-order chi connectivity index (χ0) is 13.1. The molecule has 2 aliphatic rings. The molecule has 0 bridgehead atoms. The summed E-state index contributed by atoms with van der Waals surface area (Å²) in [4.78, 5) is 15.0. The molecule has 2 nitrogen and oxygen atoms in total. The van der Waals surface area contributed by atoms with Crippen LogP contribution in [-0.2, 0) is 6.54 Å². The van der Waals surface area contributed by atoms with E-state index in [9.17, 15) is 4.79 Å². The zero-order valence-electron chi connectivity index (χ0n) is 11.6. The van der Waals surface area contributed by atoms with Gasteiger partial charge in [0.15, 0.2) is 5.78 Å². The van der Waals surface area contributed by atoms with Crippen LogP contribution in [0.2, 0.25) is 0 Å². The van der Waals surface area contributed by atoms with Crippen molar-refractivity contribution in [1.29, 1.82) is 0 Å². The molecule has 0 atom stereocenters. The van der Waals surface area contributed by atoms with Gasteiger partial charge in [-0.1, -0.05) is 37.1 Å². The van der Waals surface area contributed by atoms with Crippen LogP contribution in [0.15, 0.2) is 24.3 Å². The Balaban J connectivity index is 1.74. The van der Waals surface area contributed by atoms with Crippen molar-refractivity contribution in [3.8, 4) is 0 Å². The first-order valence-corrected chi connectivity index (χ1v) is 7.69. The Labute approximate surface area is 115 Å². The topological polar surface area (TPSA) is 20.3 Å². The number of carbonyl (C=O) groups is 1. The van der Waals surface area contributed by atoms with Gasteiger partial charge in [0, 0.05) is 18.0 Å². The maximum Gasteiger partial charge on any atom is 0.166 e. The standard InChI is InChI=1S/C17H23NO/c19-17(14-8-6-9-14)16-10-3-2-7-15(16)13-18-11-4-1-5-12-18/h2-3,7,10,14H,1,4-6,8-9,11-13H2. The summed E-state index contributed by atoms with van der Waals surface area (Å²) < 4.78 is 0. The zero-order valence-corrected chi connectivity index (χ0v) is 11.6. The first-order valence-electron chi connectivity index (χ1n) is 7.69. The van der Waals surface area contributed by atoms with Crippen molar-refractivity contribution in [3.05, 3.63) is 35.4 Å². The second kappa shape index (κ2) is 5.87. The predicted octanol–water partition coefficient (Wildman–Crippen LogP) is 3.66. The molecule has 1 saturated heterocycles. The van der Waals surface area contributed by atoms with E-state index in [0.29, 0.717) is 11.7 Å². The molecule has 0 aromatic heterocycles. The molecule has 102 valence electrons. The van der Waals surface area contributed by atoms with Crippen LogP contribution in [0.25, 0.3) is 0 Å². The second-order valence-corrected chi connectivity index (χ2v) is 5.99. The molecule has 3 rings (SSSR count). The van der Waals surface area contributed by atoms with Gasteiger partial charge in [0.25, 0.3) is 0 Å². The minimum absolute atomic E-state index is 0.308. The number of ketones is 1. The van der Waals surface area contributed by atoms with Crippen molar-refractivity contribution < 1.29 is 4.79 Å². The average molecular weight is 257 g/mol. The van der Waals surface area contributed by atoms with E-state index >= 15 is 0 Å². The number of hydrogen-bond donors (Lipinski definition) is 0. The van der Waals surface area contributed by atoms with Crippen LogP contribution in [0, 0.1) is 5.92 Å². The molecule has 2 fully saturated rings. The molecule has 1 aromatic carbocycles. The molecular formula is C17H23NO. The second-order valence-electron chi connectivity index (χ2n) is 5.99. The highest BCUT2D eigenvalue weighted by Crippen LogP contribution is 2.31. The Morgan fingerprint density at radius 2 is 1.79 bits per heavy atom. The van der Waals surface area contributed by atoms with Crippen molar-refractivity contribution in [2.45, 2.75) is 45.1 Å². The number of carbonyl (C=O) groups excluding carboxylic acids is 1. The number of likely N-dealkylation sites (tertiary alicyclic amines) is 1. The van der Waals surface area contributed by atoms with Crippen molar-refractivity contribution in [2.75, 3.05) is 13.1 Å². The van der Waals surface area contributed by atoms with Crippen molar-refractivity contribution in [3.63, 3.8) is 0 Å². The minimum atomic E-state index is 0.308. The number of piperidine rings is 1. The largest absolute Gasteiger partial charge is 0.299 e. The third-order valence-electron chi connectivity index (χ3n) is 4.60. The van der Waals surface area contributed by atoms with E-state index in [1.807, 2.05) is 12.1 Å². The number of Topliss-reactive ketones (excluding diaryl/α,β-unsaturated/α-hetero) is 1. The lowest BCUT2D eigenvalue weighted by Crippen LogP contribution is -2.30. The molecule has 1 aromatic rings. The average Bonchev–Trinajstić information content (AvgIpc) is 2.38. The molecule has 0 amide bonds. The summed E-state index contributed by atoms with van der Waals surface area (Å²) in [6.07, 6.45) is 7.38. The van der Waals surface area contributed by atoms with Gasteiger partial charge in [-0.2, -0.15) is 0 Å². The van der Waals surface area contributed by atoms with Gasteiger partial charge in [0.05, 0.1) is 0 Å². The summed E-state index contributed by atoms with van der Waals surface area (Å²) in [5.41, 5.74) is 2.22. The molecule has 1 aliphatic carbocycles. The van der Waals surface area contributed by atoms with Gasteiger partial charge in [-0.05, 0) is 44.3 Å². The fourth-order valence-corrected chi connectivity index (χ4v) is 3.15. The normalized spacial score (nSPS) is 21.1. The van der Waals surface area contributed by atoms with Crippen LogP contribution in [0.5, 0.6) is 0 Å². The third-order valence-corrected chi connectivity index (χ3v) is 4.60. The lowest BCUT2D eigenvalue weighted by atomic mass is 9.79. The molecule has 1 aliphatic heterocycles. The molecule has 19 heavy (non-hydrogen) atoms. The summed E-state index contributed by atoms with van der Waals surface area (Å²) in [5, 5.41) is 0. The Morgan fingerprint density at radius 1 is 1.05 bits per heavy atom. The van der Waals surface area contributed by atoms with E-state index in [1.54, 1.807) is 0 Å². The molecule has 1 heterocycles. The van der Waals surface area contributed by atoms with Crippen molar-refractivity contribution >= 4 is 5.78 Å². The maximum absolute atomic E-state index is 12.5. The van der Waals surface area contributed by atoms with E-state index in [2.05, 4.69) is 17.0 Å². The fourth-order valence-electron chi connectivity index (χ4n) is 3.15. The summed E-state index contributed by atoms with van der Waals surface area (Å²) in [7, 11) is 0. The molecule has 0 radical (unpaired) electrons. The van der Waals surface area contributed by atoms with E-state index < -0.39 is 0 Å². The monoisotopic (exact) mass is 257 g/mol. The SMILES string of the molecule is O=C(c1ccccc1CN1CCCCC1)C1CCC1. The number of benzene rings is 1. The number of rotatable bonds is 4. The molecule has 0 spiro atoms. The maximum atomic E-state index is 12.5. The summed E-state index contributed by atoms with van der Waals surface area (Å²) in [6, 6.07) is 8.24. The highest BCUT2D eigenvalue weighted by molar-refractivity contribution is 5.99. The van der Waals surface area contributed by atoms with E-state index in [-0.39, 0.29) is 0 Å². The Kier molecular flexibility index (Phi) is 3.97. The Morgan fingerprint density at radius 3 is 2.47 bits per heavy atom. The van der Waals surface area contributed by atoms with Crippen LogP contribution in [0.1, 0.15) is 54.4 Å². The van der Waals surface area contributed by atoms with Crippen LogP contribution in [0.3, 0.4) is 0 Å². The molecule has 0 unspecified atom stereocenters. The van der Waals surface area contributed by atoms with Crippen LogP contribution < -0.4 is 0 Å². The van der Waals surface area contributed by atoms with Crippen molar-refractivity contribution in [2.24, 2.45) is 5.92 Å². The first-order chi connectivity index (χ1) is 9.34.